The van der Waals surface area contributed by atoms with Crippen LogP contribution in [0.4, 0.5) is 4.39 Å². The Balaban J connectivity index is 0.00000196. The number of alkyl halides is 1. The number of hydrogen-bond acceptors (Lipinski definition) is 5. The molecule has 1 aliphatic heterocycles. The van der Waals surface area contributed by atoms with Crippen LogP contribution in [0.5, 0.6) is 0 Å². The van der Waals surface area contributed by atoms with Gasteiger partial charge in [-0.3, -0.25) is 4.68 Å². The summed E-state index contributed by atoms with van der Waals surface area (Å²) in [5.41, 5.74) is 4.12. The van der Waals surface area contributed by atoms with E-state index in [0.29, 0.717) is 31.2 Å². The van der Waals surface area contributed by atoms with E-state index in [0.717, 1.165) is 22.5 Å². The maximum absolute atomic E-state index is 13.3. The molecule has 0 aliphatic carbocycles. The van der Waals surface area contributed by atoms with Gasteiger partial charge < -0.3 is 9.84 Å². The van der Waals surface area contributed by atoms with Crippen molar-refractivity contribution in [2.45, 2.75) is 39.0 Å². The van der Waals surface area contributed by atoms with E-state index in [1.165, 1.54) is 0 Å². The Hall–Kier alpha value is -2.25. The van der Waals surface area contributed by atoms with Gasteiger partial charge in [0.05, 0.1) is 18.3 Å². The molecule has 0 amide bonds. The standard InChI is InChI=1S/C18H20FN5O.ClH/c1-11-6-12(2)24(22-11)10-13-4-3-5-14(7-13)17-21-18(25-23-17)16-8-15(19)9-20-16;/h3-7,15-16,20H,8-10H2,1-2H3;1H/t15-,16+;/m0./s1. The second kappa shape index (κ2) is 7.55. The van der Waals surface area contributed by atoms with Gasteiger partial charge in [-0.15, -0.1) is 12.4 Å². The largest absolute Gasteiger partial charge is 0.337 e. The topological polar surface area (TPSA) is 68.8 Å². The summed E-state index contributed by atoms with van der Waals surface area (Å²) in [5.74, 6) is 0.966. The fourth-order valence-corrected chi connectivity index (χ4v) is 3.19. The van der Waals surface area contributed by atoms with Gasteiger partial charge in [-0.2, -0.15) is 10.1 Å². The summed E-state index contributed by atoms with van der Waals surface area (Å²) in [5, 5.41) is 11.6. The summed E-state index contributed by atoms with van der Waals surface area (Å²) in [6.45, 7) is 5.05. The summed E-state index contributed by atoms with van der Waals surface area (Å²) >= 11 is 0. The highest BCUT2D eigenvalue weighted by Gasteiger charge is 2.29. The number of aryl methyl sites for hydroxylation is 2. The van der Waals surface area contributed by atoms with Gasteiger partial charge in [0, 0.05) is 24.2 Å². The molecule has 1 fully saturated rings. The highest BCUT2D eigenvalue weighted by atomic mass is 35.5. The minimum atomic E-state index is -0.857. The third-order valence-corrected chi connectivity index (χ3v) is 4.44. The number of nitrogens with zero attached hydrogens (tertiary/aromatic N) is 4. The molecule has 26 heavy (non-hydrogen) atoms. The Morgan fingerprint density at radius 1 is 1.31 bits per heavy atom. The van der Waals surface area contributed by atoms with Crippen molar-refractivity contribution in [1.82, 2.24) is 25.2 Å². The van der Waals surface area contributed by atoms with E-state index in [1.807, 2.05) is 42.8 Å². The minimum Gasteiger partial charge on any atom is -0.337 e. The molecule has 1 aliphatic rings. The zero-order valence-electron chi connectivity index (χ0n) is 14.6. The third-order valence-electron chi connectivity index (χ3n) is 4.44. The van der Waals surface area contributed by atoms with E-state index >= 15 is 0 Å². The van der Waals surface area contributed by atoms with Gasteiger partial charge in [0.25, 0.3) is 0 Å². The summed E-state index contributed by atoms with van der Waals surface area (Å²) in [6, 6.07) is 9.85. The SMILES string of the molecule is Cc1cc(C)n(Cc2cccc(-c3noc([C@H]4C[C@H](F)CN4)n3)c2)n1.Cl. The second-order valence-corrected chi connectivity index (χ2v) is 6.54. The number of nitrogens with one attached hydrogen (secondary N) is 1. The van der Waals surface area contributed by atoms with Crippen molar-refractivity contribution in [3.8, 4) is 11.4 Å². The maximum atomic E-state index is 13.3. The monoisotopic (exact) mass is 377 g/mol. The Bertz CT molecular complexity index is 893. The second-order valence-electron chi connectivity index (χ2n) is 6.54. The highest BCUT2D eigenvalue weighted by molar-refractivity contribution is 5.85. The predicted molar refractivity (Wildman–Crippen MR) is 98.0 cm³/mol. The molecule has 4 rings (SSSR count). The molecule has 0 spiro atoms. The van der Waals surface area contributed by atoms with E-state index < -0.39 is 6.17 Å². The molecule has 1 saturated heterocycles. The van der Waals surface area contributed by atoms with Gasteiger partial charge in [-0.1, -0.05) is 23.4 Å². The molecule has 2 atom stereocenters. The molecule has 8 heteroatoms. The van der Waals surface area contributed by atoms with Crippen LogP contribution in [0, 0.1) is 13.8 Å². The van der Waals surface area contributed by atoms with Gasteiger partial charge in [-0.25, -0.2) is 4.39 Å². The lowest BCUT2D eigenvalue weighted by Gasteiger charge is -2.06. The first-order valence-corrected chi connectivity index (χ1v) is 8.40. The molecule has 0 saturated carbocycles. The van der Waals surface area contributed by atoms with Crippen LogP contribution in [0.2, 0.25) is 0 Å². The van der Waals surface area contributed by atoms with Crippen molar-refractivity contribution < 1.29 is 8.91 Å². The lowest BCUT2D eigenvalue weighted by atomic mass is 10.1. The summed E-state index contributed by atoms with van der Waals surface area (Å²) < 4.78 is 20.6. The van der Waals surface area contributed by atoms with Gasteiger partial charge in [0.2, 0.25) is 11.7 Å². The van der Waals surface area contributed by atoms with Crippen molar-refractivity contribution in [1.29, 1.82) is 0 Å². The molecule has 3 aromatic rings. The van der Waals surface area contributed by atoms with Crippen molar-refractivity contribution in [2.75, 3.05) is 6.54 Å². The van der Waals surface area contributed by atoms with Gasteiger partial charge in [0.1, 0.15) is 6.17 Å². The molecule has 1 aromatic carbocycles. The Morgan fingerprint density at radius 3 is 2.85 bits per heavy atom. The molecule has 2 aromatic heterocycles. The number of benzene rings is 1. The zero-order chi connectivity index (χ0) is 17.4. The Morgan fingerprint density at radius 2 is 2.15 bits per heavy atom. The van der Waals surface area contributed by atoms with E-state index in [2.05, 4.69) is 26.6 Å². The average molecular weight is 378 g/mol. The molecule has 6 nitrogen and oxygen atoms in total. The van der Waals surface area contributed by atoms with Gasteiger partial charge in [-0.05, 0) is 31.5 Å². The summed E-state index contributed by atoms with van der Waals surface area (Å²) in [7, 11) is 0. The van der Waals surface area contributed by atoms with Crippen LogP contribution in [0.15, 0.2) is 34.9 Å². The first kappa shape index (κ1) is 18.5. The fraction of sp³-hybridized carbons (Fsp3) is 0.389. The smallest absolute Gasteiger partial charge is 0.244 e. The molecule has 0 unspecified atom stereocenters. The maximum Gasteiger partial charge on any atom is 0.244 e. The van der Waals surface area contributed by atoms with Crippen LogP contribution < -0.4 is 5.32 Å². The van der Waals surface area contributed by atoms with Crippen molar-refractivity contribution in [3.05, 3.63) is 53.2 Å². The number of rotatable bonds is 4. The number of aromatic nitrogens is 4. The minimum absolute atomic E-state index is 0. The lowest BCUT2D eigenvalue weighted by Crippen LogP contribution is -2.14. The van der Waals surface area contributed by atoms with Crippen LogP contribution in [-0.4, -0.2) is 32.6 Å². The van der Waals surface area contributed by atoms with Crippen LogP contribution in [0.25, 0.3) is 11.4 Å². The first-order valence-electron chi connectivity index (χ1n) is 8.40. The zero-order valence-corrected chi connectivity index (χ0v) is 15.5. The highest BCUT2D eigenvalue weighted by Crippen LogP contribution is 2.26. The summed E-state index contributed by atoms with van der Waals surface area (Å²) in [6.07, 6.45) is -0.482. The average Bonchev–Trinajstić information content (AvgIpc) is 3.29. The fourth-order valence-electron chi connectivity index (χ4n) is 3.19. The molecule has 3 heterocycles. The van der Waals surface area contributed by atoms with Crippen LogP contribution in [0.3, 0.4) is 0 Å². The molecule has 0 radical (unpaired) electrons. The number of hydrogen-bond donors (Lipinski definition) is 1. The van der Waals surface area contributed by atoms with E-state index in [9.17, 15) is 4.39 Å². The number of halogens is 2. The molecule has 1 N–H and O–H groups in total. The first-order chi connectivity index (χ1) is 12.1. The molecule has 0 bridgehead atoms. The van der Waals surface area contributed by atoms with Crippen LogP contribution >= 0.6 is 12.4 Å². The van der Waals surface area contributed by atoms with E-state index in [-0.39, 0.29) is 18.4 Å². The molecular weight excluding hydrogens is 357 g/mol. The van der Waals surface area contributed by atoms with Crippen molar-refractivity contribution >= 4 is 12.4 Å². The van der Waals surface area contributed by atoms with E-state index in [1.54, 1.807) is 0 Å². The predicted octanol–water partition coefficient (Wildman–Crippen LogP) is 3.39. The van der Waals surface area contributed by atoms with E-state index in [4.69, 9.17) is 4.52 Å². The molecule has 138 valence electrons. The van der Waals surface area contributed by atoms with Crippen LogP contribution in [0.1, 0.15) is 35.3 Å². The molecular formula is C18H21ClFN5O. The van der Waals surface area contributed by atoms with Crippen molar-refractivity contribution in [3.63, 3.8) is 0 Å². The Labute approximate surface area is 157 Å². The summed E-state index contributed by atoms with van der Waals surface area (Å²) in [4.78, 5) is 4.44. The Kier molecular flexibility index (Phi) is 5.38. The van der Waals surface area contributed by atoms with Crippen LogP contribution in [-0.2, 0) is 6.54 Å². The third kappa shape index (κ3) is 3.78. The quantitative estimate of drug-likeness (QED) is 0.754. The van der Waals surface area contributed by atoms with Crippen molar-refractivity contribution in [2.24, 2.45) is 0 Å². The van der Waals surface area contributed by atoms with Gasteiger partial charge >= 0.3 is 0 Å². The lowest BCUT2D eigenvalue weighted by molar-refractivity contribution is 0.324. The van der Waals surface area contributed by atoms with Gasteiger partial charge in [0.15, 0.2) is 0 Å². The normalized spacial score (nSPS) is 19.5.